The van der Waals surface area contributed by atoms with Gasteiger partial charge in [0, 0.05) is 23.4 Å². The fourth-order valence-electron chi connectivity index (χ4n) is 3.27. The lowest BCUT2D eigenvalue weighted by molar-refractivity contribution is 0.102. The second-order valence-corrected chi connectivity index (χ2v) is 7.12. The molecule has 28 heavy (non-hydrogen) atoms. The Morgan fingerprint density at radius 1 is 1.14 bits per heavy atom. The summed E-state index contributed by atoms with van der Waals surface area (Å²) >= 11 is 0. The van der Waals surface area contributed by atoms with Gasteiger partial charge >= 0.3 is 0 Å². The lowest BCUT2D eigenvalue weighted by Gasteiger charge is -2.08. The number of pyridine rings is 2. The van der Waals surface area contributed by atoms with Crippen molar-refractivity contribution in [2.24, 2.45) is 0 Å². The van der Waals surface area contributed by atoms with Gasteiger partial charge in [-0.05, 0) is 38.0 Å². The molecule has 1 saturated carbocycles. The number of amides is 1. The van der Waals surface area contributed by atoms with Gasteiger partial charge < -0.3 is 9.84 Å². The molecule has 0 spiro atoms. The molecule has 0 aliphatic heterocycles. The maximum atomic E-state index is 13.1. The molecular weight excluding hydrogens is 352 g/mol. The first-order valence-electron chi connectivity index (χ1n) is 9.29. The quantitative estimate of drug-likeness (QED) is 0.562. The molecule has 1 aliphatic rings. The van der Waals surface area contributed by atoms with Crippen LogP contribution in [0.3, 0.4) is 0 Å². The zero-order valence-electron chi connectivity index (χ0n) is 15.3. The second-order valence-electron chi connectivity index (χ2n) is 7.12. The van der Waals surface area contributed by atoms with Gasteiger partial charge in [0.25, 0.3) is 11.6 Å². The number of aryl methyl sites for hydroxylation is 1. The summed E-state index contributed by atoms with van der Waals surface area (Å²) in [4.78, 5) is 21.9. The third-order valence-corrected chi connectivity index (χ3v) is 4.94. The van der Waals surface area contributed by atoms with Crippen molar-refractivity contribution in [3.8, 4) is 11.3 Å². The maximum Gasteiger partial charge on any atom is 0.259 e. The number of carbonyl (C=O) groups is 1. The zero-order valence-corrected chi connectivity index (χ0v) is 15.3. The van der Waals surface area contributed by atoms with E-state index >= 15 is 0 Å². The molecule has 1 N–H and O–H groups in total. The molecule has 6 heteroatoms. The topological polar surface area (TPSA) is 80.9 Å². The summed E-state index contributed by atoms with van der Waals surface area (Å²) in [5.41, 5.74) is 4.44. The van der Waals surface area contributed by atoms with Gasteiger partial charge in [0.05, 0.1) is 10.9 Å². The zero-order chi connectivity index (χ0) is 19.1. The van der Waals surface area contributed by atoms with Crippen molar-refractivity contribution >= 4 is 22.8 Å². The SMILES string of the molecule is Cc1ccc(-c2noc3nc(C4CC4)cc(C(=O)Nc4ccccn4)c23)cc1. The standard InChI is InChI=1S/C22H18N4O2/c1-13-5-7-15(8-6-13)20-19-16(21(27)25-18-4-2-3-11-23-18)12-17(14-9-10-14)24-22(19)28-26-20/h2-8,11-12,14H,9-10H2,1H3,(H,23,25,27). The van der Waals surface area contributed by atoms with E-state index in [9.17, 15) is 4.79 Å². The predicted octanol–water partition coefficient (Wildman–Crippen LogP) is 4.72. The number of rotatable bonds is 4. The van der Waals surface area contributed by atoms with Crippen LogP contribution in [0, 0.1) is 6.92 Å². The molecule has 0 saturated heterocycles. The van der Waals surface area contributed by atoms with E-state index in [4.69, 9.17) is 4.52 Å². The summed E-state index contributed by atoms with van der Waals surface area (Å²) in [6.07, 6.45) is 3.81. The molecule has 0 unspecified atom stereocenters. The minimum absolute atomic E-state index is 0.246. The van der Waals surface area contributed by atoms with Crippen LogP contribution in [0.4, 0.5) is 5.82 Å². The molecule has 3 heterocycles. The lowest BCUT2D eigenvalue weighted by Crippen LogP contribution is -2.14. The van der Waals surface area contributed by atoms with Crippen LogP contribution in [-0.4, -0.2) is 21.0 Å². The fraction of sp³-hybridized carbons (Fsp3) is 0.182. The van der Waals surface area contributed by atoms with Crippen molar-refractivity contribution in [2.75, 3.05) is 5.32 Å². The van der Waals surface area contributed by atoms with Crippen LogP contribution in [0.25, 0.3) is 22.4 Å². The van der Waals surface area contributed by atoms with Gasteiger partial charge in [-0.1, -0.05) is 41.1 Å². The Balaban J connectivity index is 1.65. The smallest absolute Gasteiger partial charge is 0.259 e. The summed E-state index contributed by atoms with van der Waals surface area (Å²) in [5.74, 6) is 0.641. The summed E-state index contributed by atoms with van der Waals surface area (Å²) in [6, 6.07) is 15.2. The second kappa shape index (κ2) is 6.56. The van der Waals surface area contributed by atoms with E-state index in [1.165, 1.54) is 0 Å². The Hall–Kier alpha value is -3.54. The minimum atomic E-state index is -0.246. The Bertz CT molecular complexity index is 1160. The van der Waals surface area contributed by atoms with Gasteiger partial charge in [-0.25, -0.2) is 9.97 Å². The number of hydrogen-bond acceptors (Lipinski definition) is 5. The first kappa shape index (κ1) is 16.6. The molecular formula is C22H18N4O2. The molecule has 4 aromatic rings. The van der Waals surface area contributed by atoms with Crippen molar-refractivity contribution in [2.45, 2.75) is 25.7 Å². The number of benzene rings is 1. The normalized spacial score (nSPS) is 13.6. The number of nitrogens with zero attached hydrogens (tertiary/aromatic N) is 3. The van der Waals surface area contributed by atoms with E-state index in [1.54, 1.807) is 18.3 Å². The van der Waals surface area contributed by atoms with E-state index in [2.05, 4.69) is 20.4 Å². The van der Waals surface area contributed by atoms with E-state index in [1.807, 2.05) is 43.3 Å². The summed E-state index contributed by atoms with van der Waals surface area (Å²) in [5, 5.41) is 7.73. The number of carbonyl (C=O) groups excluding carboxylic acids is 1. The minimum Gasteiger partial charge on any atom is -0.335 e. The third kappa shape index (κ3) is 3.03. The molecule has 1 aliphatic carbocycles. The first-order valence-corrected chi connectivity index (χ1v) is 9.29. The summed E-state index contributed by atoms with van der Waals surface area (Å²) in [7, 11) is 0. The van der Waals surface area contributed by atoms with E-state index in [-0.39, 0.29) is 5.91 Å². The third-order valence-electron chi connectivity index (χ3n) is 4.94. The van der Waals surface area contributed by atoms with Crippen molar-refractivity contribution in [1.29, 1.82) is 0 Å². The van der Waals surface area contributed by atoms with E-state index in [0.717, 1.165) is 29.7 Å². The van der Waals surface area contributed by atoms with E-state index < -0.39 is 0 Å². The van der Waals surface area contributed by atoms with Gasteiger partial charge in [-0.15, -0.1) is 0 Å². The Morgan fingerprint density at radius 2 is 1.96 bits per heavy atom. The molecule has 0 radical (unpaired) electrons. The summed E-state index contributed by atoms with van der Waals surface area (Å²) < 4.78 is 5.54. The van der Waals surface area contributed by atoms with Crippen molar-refractivity contribution in [1.82, 2.24) is 15.1 Å². The highest BCUT2D eigenvalue weighted by Gasteiger charge is 2.29. The monoisotopic (exact) mass is 370 g/mol. The van der Waals surface area contributed by atoms with E-state index in [0.29, 0.717) is 34.1 Å². The average Bonchev–Trinajstić information content (AvgIpc) is 3.48. The van der Waals surface area contributed by atoms with Gasteiger partial charge in [-0.3, -0.25) is 4.79 Å². The molecule has 1 aromatic carbocycles. The highest BCUT2D eigenvalue weighted by Crippen LogP contribution is 2.41. The molecule has 138 valence electrons. The van der Waals surface area contributed by atoms with Crippen LogP contribution in [0.1, 0.15) is 40.4 Å². The average molecular weight is 370 g/mol. The predicted molar refractivity (Wildman–Crippen MR) is 106 cm³/mol. The fourth-order valence-corrected chi connectivity index (χ4v) is 3.27. The highest BCUT2D eigenvalue weighted by molar-refractivity contribution is 6.14. The number of hydrogen-bond donors (Lipinski definition) is 1. The van der Waals surface area contributed by atoms with Crippen molar-refractivity contribution in [3.63, 3.8) is 0 Å². The number of anilines is 1. The molecule has 6 nitrogen and oxygen atoms in total. The van der Waals surface area contributed by atoms with Crippen molar-refractivity contribution in [3.05, 3.63) is 71.5 Å². The van der Waals surface area contributed by atoms with Crippen molar-refractivity contribution < 1.29 is 9.32 Å². The first-order chi connectivity index (χ1) is 13.7. The van der Waals surface area contributed by atoms with Crippen LogP contribution in [-0.2, 0) is 0 Å². The number of aromatic nitrogens is 3. The van der Waals surface area contributed by atoms with Gasteiger partial charge in [0.15, 0.2) is 0 Å². The molecule has 5 rings (SSSR count). The maximum absolute atomic E-state index is 13.1. The molecule has 3 aromatic heterocycles. The Labute approximate surface area is 161 Å². The van der Waals surface area contributed by atoms with Gasteiger partial charge in [0.2, 0.25) is 0 Å². The molecule has 1 fully saturated rings. The molecule has 0 atom stereocenters. The van der Waals surface area contributed by atoms with Crippen LogP contribution >= 0.6 is 0 Å². The van der Waals surface area contributed by atoms with Crippen LogP contribution < -0.4 is 5.32 Å². The lowest BCUT2D eigenvalue weighted by atomic mass is 10.0. The number of nitrogens with one attached hydrogen (secondary N) is 1. The van der Waals surface area contributed by atoms with Gasteiger partial charge in [-0.2, -0.15) is 0 Å². The molecule has 0 bridgehead atoms. The van der Waals surface area contributed by atoms with Crippen LogP contribution in [0.2, 0.25) is 0 Å². The number of fused-ring (bicyclic) bond motifs is 1. The molecule has 1 amide bonds. The summed E-state index contributed by atoms with van der Waals surface area (Å²) in [6.45, 7) is 2.03. The Morgan fingerprint density at radius 3 is 2.68 bits per heavy atom. The largest absolute Gasteiger partial charge is 0.335 e. The van der Waals surface area contributed by atoms with Crippen LogP contribution in [0.15, 0.2) is 59.3 Å². The highest BCUT2D eigenvalue weighted by atomic mass is 16.5. The van der Waals surface area contributed by atoms with Crippen LogP contribution in [0.5, 0.6) is 0 Å². The Kier molecular flexibility index (Phi) is 3.90. The van der Waals surface area contributed by atoms with Gasteiger partial charge in [0.1, 0.15) is 11.5 Å².